The molecule has 0 saturated carbocycles. The van der Waals surface area contributed by atoms with Crippen LogP contribution in [0.5, 0.6) is 11.5 Å². The molecule has 1 saturated heterocycles. The summed E-state index contributed by atoms with van der Waals surface area (Å²) < 4.78 is 49.8. The summed E-state index contributed by atoms with van der Waals surface area (Å²) in [6, 6.07) is 6.57. The molecule has 27 heavy (non-hydrogen) atoms. The van der Waals surface area contributed by atoms with Crippen LogP contribution in [0.2, 0.25) is 0 Å². The second-order valence-corrected chi connectivity index (χ2v) is 6.86. The molecule has 0 spiro atoms. The van der Waals surface area contributed by atoms with Crippen molar-refractivity contribution < 1.29 is 37.3 Å². The molecule has 1 aromatic carbocycles. The number of amides is 1. The summed E-state index contributed by atoms with van der Waals surface area (Å²) in [5.41, 5.74) is 0. The average molecular weight is 389 g/mol. The first-order valence-electron chi connectivity index (χ1n) is 8.51. The van der Waals surface area contributed by atoms with Crippen LogP contribution in [0.15, 0.2) is 24.3 Å². The van der Waals surface area contributed by atoms with E-state index in [1.807, 2.05) is 13.8 Å². The van der Waals surface area contributed by atoms with E-state index in [1.54, 1.807) is 24.3 Å². The molecule has 2 rings (SSSR count). The second kappa shape index (κ2) is 8.49. The van der Waals surface area contributed by atoms with Crippen LogP contribution in [0.1, 0.15) is 13.8 Å². The number of halogens is 3. The number of nitrogens with zero attached hydrogens (tertiary/aromatic N) is 1. The van der Waals surface area contributed by atoms with Crippen molar-refractivity contribution >= 4 is 11.9 Å². The number of carboxylic acids is 1. The molecule has 2 atom stereocenters. The molecule has 0 bridgehead atoms. The largest absolute Gasteiger partial charge is 0.493 e. The molecule has 0 radical (unpaired) electrons. The molecular formula is C18H22F3NO5. The van der Waals surface area contributed by atoms with Crippen LogP contribution >= 0.6 is 0 Å². The van der Waals surface area contributed by atoms with Gasteiger partial charge in [0.2, 0.25) is 0 Å². The Bertz CT molecular complexity index is 677. The van der Waals surface area contributed by atoms with E-state index in [4.69, 9.17) is 14.6 Å². The molecule has 0 unspecified atom stereocenters. The maximum Gasteiger partial charge on any atom is 0.394 e. The van der Waals surface area contributed by atoms with Crippen molar-refractivity contribution in [3.05, 3.63) is 24.3 Å². The first-order valence-corrected chi connectivity index (χ1v) is 8.51. The Morgan fingerprint density at radius 1 is 1.22 bits per heavy atom. The number of carbonyl (C=O) groups excluding carboxylic acids is 1. The van der Waals surface area contributed by atoms with Gasteiger partial charge in [-0.25, -0.2) is 0 Å². The van der Waals surface area contributed by atoms with Gasteiger partial charge in [0.15, 0.2) is 6.61 Å². The topological polar surface area (TPSA) is 76.1 Å². The average Bonchev–Trinajstić information content (AvgIpc) is 3.04. The van der Waals surface area contributed by atoms with E-state index in [1.165, 1.54) is 0 Å². The highest BCUT2D eigenvalue weighted by Crippen LogP contribution is 2.37. The Morgan fingerprint density at radius 2 is 1.85 bits per heavy atom. The number of ether oxygens (including phenoxy) is 2. The molecule has 1 fully saturated rings. The molecule has 150 valence electrons. The molecule has 1 heterocycles. The molecule has 0 aromatic heterocycles. The monoisotopic (exact) mass is 389 g/mol. The second-order valence-electron chi connectivity index (χ2n) is 6.86. The molecule has 1 aliphatic rings. The third-order valence-corrected chi connectivity index (χ3v) is 4.16. The summed E-state index contributed by atoms with van der Waals surface area (Å²) in [5.74, 6) is -4.78. The molecule has 6 nitrogen and oxygen atoms in total. The quantitative estimate of drug-likeness (QED) is 0.776. The lowest BCUT2D eigenvalue weighted by Gasteiger charge is -2.18. The van der Waals surface area contributed by atoms with E-state index in [9.17, 15) is 22.8 Å². The number of alkyl halides is 3. The highest BCUT2D eigenvalue weighted by Gasteiger charge is 2.53. The van der Waals surface area contributed by atoms with Gasteiger partial charge in [0.05, 0.1) is 18.4 Å². The van der Waals surface area contributed by atoms with E-state index in [-0.39, 0.29) is 0 Å². The predicted molar refractivity (Wildman–Crippen MR) is 89.5 cm³/mol. The number of hydrogen-bond donors (Lipinski definition) is 1. The van der Waals surface area contributed by atoms with Crippen molar-refractivity contribution in [1.29, 1.82) is 0 Å². The molecular weight excluding hydrogens is 367 g/mol. The van der Waals surface area contributed by atoms with Crippen LogP contribution in [0, 0.1) is 17.8 Å². The molecule has 1 amide bonds. The molecule has 1 N–H and O–H groups in total. The van der Waals surface area contributed by atoms with Crippen molar-refractivity contribution in [3.8, 4) is 11.5 Å². The third-order valence-electron chi connectivity index (χ3n) is 4.16. The fourth-order valence-electron chi connectivity index (χ4n) is 2.74. The van der Waals surface area contributed by atoms with Crippen LogP contribution in [0.4, 0.5) is 13.2 Å². The fourth-order valence-corrected chi connectivity index (χ4v) is 2.74. The Labute approximate surface area is 154 Å². The summed E-state index contributed by atoms with van der Waals surface area (Å²) in [4.78, 5) is 24.1. The first kappa shape index (κ1) is 20.9. The van der Waals surface area contributed by atoms with Crippen molar-refractivity contribution in [2.75, 3.05) is 26.3 Å². The van der Waals surface area contributed by atoms with Gasteiger partial charge in [-0.1, -0.05) is 19.9 Å². The standard InChI is InChI=1S/C18H22F3NO5/c1-11(2)9-26-12-4-3-5-13(6-12)27-10-16(23)22-7-14(17(24)25)15(8-22)18(19,20)21/h3-6,11,14-15H,7-10H2,1-2H3,(H,24,25)/t14-,15-/m1/s1. The van der Waals surface area contributed by atoms with Gasteiger partial charge in [0.1, 0.15) is 11.5 Å². The van der Waals surface area contributed by atoms with Gasteiger partial charge in [-0.2, -0.15) is 13.2 Å². The smallest absolute Gasteiger partial charge is 0.394 e. The number of hydrogen-bond acceptors (Lipinski definition) is 4. The number of rotatable bonds is 7. The zero-order valence-corrected chi connectivity index (χ0v) is 15.0. The minimum Gasteiger partial charge on any atom is -0.493 e. The maximum absolute atomic E-state index is 13.0. The van der Waals surface area contributed by atoms with E-state index in [0.29, 0.717) is 24.0 Å². The van der Waals surface area contributed by atoms with Gasteiger partial charge >= 0.3 is 12.1 Å². The number of benzene rings is 1. The minimum atomic E-state index is -4.68. The highest BCUT2D eigenvalue weighted by molar-refractivity contribution is 5.80. The lowest BCUT2D eigenvalue weighted by atomic mass is 9.96. The van der Waals surface area contributed by atoms with Crippen LogP contribution in [0.3, 0.4) is 0 Å². The lowest BCUT2D eigenvalue weighted by Crippen LogP contribution is -2.35. The van der Waals surface area contributed by atoms with E-state index < -0.39 is 49.6 Å². The Morgan fingerprint density at radius 3 is 2.37 bits per heavy atom. The number of aliphatic carboxylic acids is 1. The van der Waals surface area contributed by atoms with Gasteiger partial charge in [0, 0.05) is 19.2 Å². The van der Waals surface area contributed by atoms with Crippen molar-refractivity contribution in [2.45, 2.75) is 20.0 Å². The Kier molecular flexibility index (Phi) is 6.56. The van der Waals surface area contributed by atoms with Crippen molar-refractivity contribution in [2.24, 2.45) is 17.8 Å². The normalized spacial score (nSPS) is 20.0. The van der Waals surface area contributed by atoms with Gasteiger partial charge in [-0.05, 0) is 18.1 Å². The van der Waals surface area contributed by atoms with Crippen LogP contribution in [0.25, 0.3) is 0 Å². The van der Waals surface area contributed by atoms with Gasteiger partial charge in [0.25, 0.3) is 5.91 Å². The summed E-state index contributed by atoms with van der Waals surface area (Å²) in [6.45, 7) is 2.84. The van der Waals surface area contributed by atoms with Gasteiger partial charge in [-0.3, -0.25) is 9.59 Å². The third kappa shape index (κ3) is 5.77. The fraction of sp³-hybridized carbons (Fsp3) is 0.556. The molecule has 1 aromatic rings. The summed E-state index contributed by atoms with van der Waals surface area (Å²) in [6.07, 6.45) is -4.68. The number of carboxylic acid groups (broad SMARTS) is 1. The van der Waals surface area contributed by atoms with Crippen LogP contribution < -0.4 is 9.47 Å². The predicted octanol–water partition coefficient (Wildman–Crippen LogP) is 2.82. The van der Waals surface area contributed by atoms with E-state index in [2.05, 4.69) is 0 Å². The Hall–Kier alpha value is -2.45. The van der Waals surface area contributed by atoms with Crippen LogP contribution in [-0.2, 0) is 9.59 Å². The van der Waals surface area contributed by atoms with E-state index >= 15 is 0 Å². The Balaban J connectivity index is 1.94. The van der Waals surface area contributed by atoms with Crippen molar-refractivity contribution in [3.63, 3.8) is 0 Å². The van der Waals surface area contributed by atoms with E-state index in [0.717, 1.165) is 4.90 Å². The molecule has 9 heteroatoms. The number of carbonyl (C=O) groups is 2. The summed E-state index contributed by atoms with van der Waals surface area (Å²) in [7, 11) is 0. The molecule has 0 aliphatic carbocycles. The maximum atomic E-state index is 13.0. The SMILES string of the molecule is CC(C)COc1cccc(OCC(=O)N2C[C@@H](C(F)(F)F)[C@H](C(=O)O)C2)c1. The molecule has 1 aliphatic heterocycles. The van der Waals surface area contributed by atoms with Crippen LogP contribution in [-0.4, -0.2) is 54.4 Å². The minimum absolute atomic E-state index is 0.329. The summed E-state index contributed by atoms with van der Waals surface area (Å²) >= 11 is 0. The van der Waals surface area contributed by atoms with Crippen molar-refractivity contribution in [1.82, 2.24) is 4.90 Å². The van der Waals surface area contributed by atoms with Gasteiger partial charge < -0.3 is 19.5 Å². The zero-order chi connectivity index (χ0) is 20.2. The van der Waals surface area contributed by atoms with Gasteiger partial charge in [-0.15, -0.1) is 0 Å². The summed E-state index contributed by atoms with van der Waals surface area (Å²) in [5, 5.41) is 8.99. The number of likely N-dealkylation sites (tertiary alicyclic amines) is 1. The highest BCUT2D eigenvalue weighted by atomic mass is 19.4. The first-order chi connectivity index (χ1) is 12.6. The zero-order valence-electron chi connectivity index (χ0n) is 15.0. The lowest BCUT2D eigenvalue weighted by molar-refractivity contribution is -0.188.